The molecule has 1 heterocycles. The van der Waals surface area contributed by atoms with Crippen LogP contribution in [0.1, 0.15) is 55.6 Å². The minimum Gasteiger partial charge on any atom is -0.326 e. The zero-order valence-electron chi connectivity index (χ0n) is 10.5. The van der Waals surface area contributed by atoms with Crippen LogP contribution in [0.15, 0.2) is 6.20 Å². The van der Waals surface area contributed by atoms with Crippen molar-refractivity contribution in [3.63, 3.8) is 0 Å². The first kappa shape index (κ1) is 11.1. The minimum absolute atomic E-state index is 0.556. The summed E-state index contributed by atoms with van der Waals surface area (Å²) in [5.74, 6) is 3.53. The van der Waals surface area contributed by atoms with Gasteiger partial charge in [-0.2, -0.15) is 0 Å². The van der Waals surface area contributed by atoms with Gasteiger partial charge in [0, 0.05) is 29.9 Å². The fraction of sp³-hybridized carbons (Fsp3) is 0.714. The van der Waals surface area contributed by atoms with Crippen LogP contribution in [0.25, 0.3) is 0 Å². The Morgan fingerprint density at radius 2 is 2.24 bits per heavy atom. The van der Waals surface area contributed by atoms with Crippen molar-refractivity contribution in [1.29, 1.82) is 0 Å². The smallest absolute Gasteiger partial charge is 0.131 e. The molecule has 0 radical (unpaired) electrons. The van der Waals surface area contributed by atoms with Crippen molar-refractivity contribution in [2.75, 3.05) is 0 Å². The van der Waals surface area contributed by atoms with Crippen molar-refractivity contribution in [3.05, 3.63) is 23.3 Å². The quantitative estimate of drug-likeness (QED) is 0.869. The van der Waals surface area contributed by atoms with E-state index in [1.165, 1.54) is 25.7 Å². The first-order chi connectivity index (χ1) is 8.31. The van der Waals surface area contributed by atoms with Crippen molar-refractivity contribution < 1.29 is 0 Å². The lowest BCUT2D eigenvalue weighted by atomic mass is 9.88. The number of hydrogen-bond donors (Lipinski definition) is 1. The largest absolute Gasteiger partial charge is 0.326 e. The van der Waals surface area contributed by atoms with E-state index in [4.69, 9.17) is 10.7 Å². The Hall–Kier alpha value is -0.960. The van der Waals surface area contributed by atoms with Crippen LogP contribution in [-0.2, 0) is 13.0 Å². The van der Waals surface area contributed by atoms with Gasteiger partial charge in [-0.05, 0) is 37.5 Å². The second kappa shape index (κ2) is 4.37. The lowest BCUT2D eigenvalue weighted by molar-refractivity contribution is 0.404. The highest BCUT2D eigenvalue weighted by Crippen LogP contribution is 2.52. The van der Waals surface area contributed by atoms with Gasteiger partial charge in [0.2, 0.25) is 0 Å². The zero-order chi connectivity index (χ0) is 11.8. The van der Waals surface area contributed by atoms with Gasteiger partial charge in [-0.25, -0.2) is 9.97 Å². The summed E-state index contributed by atoms with van der Waals surface area (Å²) in [6.07, 6.45) is 8.46. The molecule has 0 aliphatic heterocycles. The van der Waals surface area contributed by atoms with E-state index in [0.29, 0.717) is 12.5 Å². The van der Waals surface area contributed by atoms with Crippen LogP contribution >= 0.6 is 0 Å². The molecule has 0 spiro atoms. The summed E-state index contributed by atoms with van der Waals surface area (Å²) < 4.78 is 0. The number of fused-ring (bicyclic) bond motifs is 2. The third-order valence-corrected chi connectivity index (χ3v) is 4.60. The molecule has 3 nitrogen and oxygen atoms in total. The van der Waals surface area contributed by atoms with E-state index in [2.05, 4.69) is 11.9 Å². The van der Waals surface area contributed by atoms with Gasteiger partial charge in [0.25, 0.3) is 0 Å². The van der Waals surface area contributed by atoms with E-state index in [-0.39, 0.29) is 0 Å². The molecule has 2 saturated carbocycles. The first-order valence-electron chi connectivity index (χ1n) is 6.86. The molecule has 1 aromatic rings. The molecule has 2 aliphatic rings. The second-order valence-corrected chi connectivity index (χ2v) is 5.54. The predicted molar refractivity (Wildman–Crippen MR) is 67.5 cm³/mol. The van der Waals surface area contributed by atoms with E-state index >= 15 is 0 Å². The van der Waals surface area contributed by atoms with Gasteiger partial charge in [-0.3, -0.25) is 0 Å². The molecule has 3 atom stereocenters. The summed E-state index contributed by atoms with van der Waals surface area (Å²) in [6.45, 7) is 2.70. The van der Waals surface area contributed by atoms with Crippen molar-refractivity contribution in [3.8, 4) is 0 Å². The Labute approximate surface area is 103 Å². The molecule has 0 saturated heterocycles. The molecule has 2 aliphatic carbocycles. The number of aromatic nitrogens is 2. The summed E-state index contributed by atoms with van der Waals surface area (Å²) in [7, 11) is 0. The average Bonchev–Trinajstić information content (AvgIpc) is 3.00. The third-order valence-electron chi connectivity index (χ3n) is 4.60. The lowest BCUT2D eigenvalue weighted by Crippen LogP contribution is -2.15. The molecule has 0 amide bonds. The van der Waals surface area contributed by atoms with Crippen LogP contribution in [-0.4, -0.2) is 9.97 Å². The summed E-state index contributed by atoms with van der Waals surface area (Å²) >= 11 is 0. The Bertz CT molecular complexity index is 416. The summed E-state index contributed by atoms with van der Waals surface area (Å²) in [5.41, 5.74) is 7.97. The Morgan fingerprint density at radius 1 is 1.35 bits per heavy atom. The maximum Gasteiger partial charge on any atom is 0.131 e. The van der Waals surface area contributed by atoms with Crippen LogP contribution in [0.3, 0.4) is 0 Å². The van der Waals surface area contributed by atoms with Crippen LogP contribution in [0.2, 0.25) is 0 Å². The summed E-state index contributed by atoms with van der Waals surface area (Å²) in [6, 6.07) is 0. The third kappa shape index (κ3) is 1.86. The lowest BCUT2D eigenvalue weighted by Gasteiger charge is -2.21. The minimum atomic E-state index is 0.556. The molecule has 3 heteroatoms. The molecule has 2 bridgehead atoms. The zero-order valence-corrected chi connectivity index (χ0v) is 10.5. The highest BCUT2D eigenvalue weighted by molar-refractivity contribution is 5.20. The van der Waals surface area contributed by atoms with E-state index in [0.717, 1.165) is 35.3 Å². The molecule has 0 aromatic carbocycles. The van der Waals surface area contributed by atoms with Crippen LogP contribution in [0, 0.1) is 11.8 Å². The molecule has 2 N–H and O–H groups in total. The molecule has 1 aromatic heterocycles. The summed E-state index contributed by atoms with van der Waals surface area (Å²) in [5, 5.41) is 0. The molecule has 17 heavy (non-hydrogen) atoms. The second-order valence-electron chi connectivity index (χ2n) is 5.54. The normalized spacial score (nSPS) is 31.1. The van der Waals surface area contributed by atoms with Crippen LogP contribution in [0.5, 0.6) is 0 Å². The van der Waals surface area contributed by atoms with E-state index in [1.54, 1.807) is 0 Å². The molecular formula is C14H21N3. The number of rotatable bonds is 3. The van der Waals surface area contributed by atoms with Crippen molar-refractivity contribution in [2.45, 2.75) is 51.5 Å². The topological polar surface area (TPSA) is 51.8 Å². The maximum absolute atomic E-state index is 5.71. The fourth-order valence-electron chi connectivity index (χ4n) is 3.67. The molecular weight excluding hydrogens is 210 g/mol. The Balaban J connectivity index is 1.88. The van der Waals surface area contributed by atoms with Crippen LogP contribution in [0.4, 0.5) is 0 Å². The van der Waals surface area contributed by atoms with Gasteiger partial charge >= 0.3 is 0 Å². The van der Waals surface area contributed by atoms with E-state index < -0.39 is 0 Å². The maximum atomic E-state index is 5.71. The molecule has 2 fully saturated rings. The number of nitrogens with two attached hydrogens (primary N) is 1. The highest BCUT2D eigenvalue weighted by atomic mass is 14.9. The predicted octanol–water partition coefficient (Wildman–Crippen LogP) is 2.40. The summed E-state index contributed by atoms with van der Waals surface area (Å²) in [4.78, 5) is 9.34. The van der Waals surface area contributed by atoms with Gasteiger partial charge in [0.1, 0.15) is 5.82 Å². The van der Waals surface area contributed by atoms with Crippen molar-refractivity contribution in [1.82, 2.24) is 9.97 Å². The van der Waals surface area contributed by atoms with Crippen molar-refractivity contribution >= 4 is 0 Å². The van der Waals surface area contributed by atoms with Gasteiger partial charge < -0.3 is 5.73 Å². The van der Waals surface area contributed by atoms with Gasteiger partial charge in [-0.1, -0.05) is 13.3 Å². The Kier molecular flexibility index (Phi) is 2.87. The van der Waals surface area contributed by atoms with Crippen LogP contribution < -0.4 is 5.73 Å². The first-order valence-corrected chi connectivity index (χ1v) is 6.86. The van der Waals surface area contributed by atoms with E-state index in [1.807, 2.05) is 6.20 Å². The van der Waals surface area contributed by atoms with Crippen molar-refractivity contribution in [2.24, 2.45) is 17.6 Å². The number of aryl methyl sites for hydroxylation is 1. The SMILES string of the molecule is CCc1nc(C2CC3CCC2C3)ncc1CN. The van der Waals surface area contributed by atoms with E-state index in [9.17, 15) is 0 Å². The van der Waals surface area contributed by atoms with Gasteiger partial charge in [0.05, 0.1) is 0 Å². The fourth-order valence-corrected chi connectivity index (χ4v) is 3.67. The number of nitrogens with zero attached hydrogens (tertiary/aromatic N) is 2. The Morgan fingerprint density at radius 3 is 2.82 bits per heavy atom. The number of hydrogen-bond acceptors (Lipinski definition) is 3. The monoisotopic (exact) mass is 231 g/mol. The molecule has 3 rings (SSSR count). The van der Waals surface area contributed by atoms with Gasteiger partial charge in [-0.15, -0.1) is 0 Å². The average molecular weight is 231 g/mol. The van der Waals surface area contributed by atoms with Gasteiger partial charge in [0.15, 0.2) is 0 Å². The molecule has 92 valence electrons. The standard InChI is InChI=1S/C14H21N3/c1-2-13-11(7-15)8-16-14(17-13)12-6-9-3-4-10(12)5-9/h8-10,12H,2-7,15H2,1H3. The molecule has 3 unspecified atom stereocenters. The highest BCUT2D eigenvalue weighted by Gasteiger charge is 2.41.